The summed E-state index contributed by atoms with van der Waals surface area (Å²) in [7, 11) is 0. The normalized spacial score (nSPS) is 10.4. The number of pyridine rings is 2. The molecule has 0 saturated heterocycles. The van der Waals surface area contributed by atoms with Crippen LogP contribution in [0.1, 0.15) is 5.56 Å². The van der Waals surface area contributed by atoms with Gasteiger partial charge in [0.15, 0.2) is 5.13 Å². The molecule has 3 rings (SSSR count). The first-order valence-electron chi connectivity index (χ1n) is 5.87. The minimum Gasteiger partial charge on any atom is -0.316 e. The van der Waals surface area contributed by atoms with Gasteiger partial charge in [-0.15, -0.1) is 11.3 Å². The molecule has 0 aromatic carbocycles. The van der Waals surface area contributed by atoms with E-state index in [9.17, 15) is 0 Å². The van der Waals surface area contributed by atoms with Crippen LogP contribution in [0.5, 0.6) is 0 Å². The summed E-state index contributed by atoms with van der Waals surface area (Å²) in [5, 5.41) is 6.03. The molecule has 0 saturated carbocycles. The number of rotatable bonds is 3. The van der Waals surface area contributed by atoms with Gasteiger partial charge in [0.2, 0.25) is 0 Å². The predicted octanol–water partition coefficient (Wildman–Crippen LogP) is 3.65. The highest BCUT2D eigenvalue weighted by Gasteiger charge is 2.05. The van der Waals surface area contributed by atoms with Crippen LogP contribution < -0.4 is 5.32 Å². The molecule has 1 N–H and O–H groups in total. The Balaban J connectivity index is 1.80. The quantitative estimate of drug-likeness (QED) is 0.787. The van der Waals surface area contributed by atoms with Crippen molar-refractivity contribution < 1.29 is 0 Å². The van der Waals surface area contributed by atoms with E-state index in [0.29, 0.717) is 0 Å². The van der Waals surface area contributed by atoms with Gasteiger partial charge in [-0.05, 0) is 30.7 Å². The summed E-state index contributed by atoms with van der Waals surface area (Å²) >= 11 is 1.55. The van der Waals surface area contributed by atoms with Gasteiger partial charge in [0.25, 0.3) is 0 Å². The van der Waals surface area contributed by atoms with E-state index >= 15 is 0 Å². The Bertz CT molecular complexity index is 661. The number of thiazole rings is 1. The maximum absolute atomic E-state index is 4.53. The van der Waals surface area contributed by atoms with E-state index in [1.165, 1.54) is 0 Å². The Labute approximate surface area is 115 Å². The van der Waals surface area contributed by atoms with Crippen molar-refractivity contribution in [3.63, 3.8) is 0 Å². The highest BCUT2D eigenvalue weighted by molar-refractivity contribution is 7.14. The molecule has 0 aliphatic rings. The summed E-state index contributed by atoms with van der Waals surface area (Å²) in [6.07, 6.45) is 5.40. The predicted molar refractivity (Wildman–Crippen MR) is 77.6 cm³/mol. The minimum absolute atomic E-state index is 0.803. The van der Waals surface area contributed by atoms with Crippen LogP contribution in [0.2, 0.25) is 0 Å². The molecular weight excluding hydrogens is 256 g/mol. The number of nitrogens with one attached hydrogen (secondary N) is 1. The van der Waals surface area contributed by atoms with E-state index in [1.54, 1.807) is 17.5 Å². The van der Waals surface area contributed by atoms with E-state index in [0.717, 1.165) is 27.8 Å². The maximum Gasteiger partial charge on any atom is 0.188 e. The van der Waals surface area contributed by atoms with Crippen LogP contribution in [0.15, 0.2) is 48.2 Å². The zero-order chi connectivity index (χ0) is 13.1. The first kappa shape index (κ1) is 11.8. The topological polar surface area (TPSA) is 50.7 Å². The van der Waals surface area contributed by atoms with Crippen LogP contribution in [0.25, 0.3) is 11.3 Å². The van der Waals surface area contributed by atoms with Crippen molar-refractivity contribution in [3.05, 3.63) is 53.8 Å². The van der Waals surface area contributed by atoms with Crippen molar-refractivity contribution in [2.24, 2.45) is 0 Å². The highest BCUT2D eigenvalue weighted by Crippen LogP contribution is 2.25. The number of nitrogens with zero attached hydrogens (tertiary/aromatic N) is 3. The van der Waals surface area contributed by atoms with Gasteiger partial charge in [0, 0.05) is 29.5 Å². The molecule has 19 heavy (non-hydrogen) atoms. The van der Waals surface area contributed by atoms with Gasteiger partial charge in [0.05, 0.1) is 5.69 Å². The second kappa shape index (κ2) is 5.16. The van der Waals surface area contributed by atoms with Gasteiger partial charge < -0.3 is 5.32 Å². The largest absolute Gasteiger partial charge is 0.316 e. The number of hydrogen-bond acceptors (Lipinski definition) is 5. The third-order valence-corrected chi connectivity index (χ3v) is 3.37. The van der Waals surface area contributed by atoms with Crippen molar-refractivity contribution >= 4 is 22.3 Å². The summed E-state index contributed by atoms with van der Waals surface area (Å²) < 4.78 is 0. The summed E-state index contributed by atoms with van der Waals surface area (Å²) in [5.74, 6) is 0.803. The fraction of sp³-hybridized carbons (Fsp3) is 0.0714. The molecule has 3 aromatic heterocycles. The zero-order valence-electron chi connectivity index (χ0n) is 10.4. The summed E-state index contributed by atoms with van der Waals surface area (Å²) in [6, 6.07) is 7.87. The third-order valence-electron chi connectivity index (χ3n) is 2.61. The van der Waals surface area contributed by atoms with Gasteiger partial charge >= 0.3 is 0 Å². The fourth-order valence-corrected chi connectivity index (χ4v) is 2.36. The van der Waals surface area contributed by atoms with Crippen molar-refractivity contribution in [2.45, 2.75) is 6.92 Å². The number of aromatic nitrogens is 3. The summed E-state index contributed by atoms with van der Waals surface area (Å²) in [4.78, 5) is 12.9. The lowest BCUT2D eigenvalue weighted by atomic mass is 10.2. The first-order chi connectivity index (χ1) is 9.31. The van der Waals surface area contributed by atoms with Crippen LogP contribution in [-0.2, 0) is 0 Å². The molecule has 0 atom stereocenters. The molecule has 0 fully saturated rings. The van der Waals surface area contributed by atoms with Crippen molar-refractivity contribution in [1.29, 1.82) is 0 Å². The third kappa shape index (κ3) is 2.77. The van der Waals surface area contributed by atoms with E-state index < -0.39 is 0 Å². The van der Waals surface area contributed by atoms with E-state index in [1.807, 2.05) is 49.0 Å². The van der Waals surface area contributed by atoms with Crippen LogP contribution >= 0.6 is 11.3 Å². The molecule has 0 spiro atoms. The minimum atomic E-state index is 0.803. The molecular formula is C14H12N4S. The molecule has 0 bridgehead atoms. The zero-order valence-corrected chi connectivity index (χ0v) is 11.2. The number of aryl methyl sites for hydroxylation is 1. The Morgan fingerprint density at radius 1 is 1.16 bits per heavy atom. The van der Waals surface area contributed by atoms with Gasteiger partial charge in [-0.3, -0.25) is 4.98 Å². The Morgan fingerprint density at radius 3 is 2.84 bits per heavy atom. The molecule has 0 radical (unpaired) electrons. The summed E-state index contributed by atoms with van der Waals surface area (Å²) in [5.41, 5.74) is 3.08. The van der Waals surface area contributed by atoms with Crippen molar-refractivity contribution in [2.75, 3.05) is 5.32 Å². The standard InChI is InChI=1S/C14H12N4S/c1-10-4-5-13(16-7-10)18-14-17-12(9-19-14)11-3-2-6-15-8-11/h2-9H,1H3,(H,16,17,18). The van der Waals surface area contributed by atoms with Gasteiger partial charge in [-0.1, -0.05) is 6.07 Å². The number of anilines is 2. The lowest BCUT2D eigenvalue weighted by molar-refractivity contribution is 1.25. The van der Waals surface area contributed by atoms with Crippen LogP contribution in [0, 0.1) is 6.92 Å². The molecule has 0 aliphatic carbocycles. The van der Waals surface area contributed by atoms with Gasteiger partial charge in [0.1, 0.15) is 5.82 Å². The average Bonchev–Trinajstić information content (AvgIpc) is 2.91. The molecule has 3 aromatic rings. The van der Waals surface area contributed by atoms with Crippen molar-refractivity contribution in [1.82, 2.24) is 15.0 Å². The Morgan fingerprint density at radius 2 is 2.11 bits per heavy atom. The molecule has 94 valence electrons. The van der Waals surface area contributed by atoms with Crippen LogP contribution in [-0.4, -0.2) is 15.0 Å². The van der Waals surface area contributed by atoms with Crippen LogP contribution in [0.3, 0.4) is 0 Å². The number of hydrogen-bond donors (Lipinski definition) is 1. The average molecular weight is 268 g/mol. The molecule has 3 heterocycles. The van der Waals surface area contributed by atoms with Crippen LogP contribution in [0.4, 0.5) is 10.9 Å². The SMILES string of the molecule is Cc1ccc(Nc2nc(-c3cccnc3)cs2)nc1. The van der Waals surface area contributed by atoms with Gasteiger partial charge in [-0.2, -0.15) is 0 Å². The molecule has 0 amide bonds. The molecule has 5 heteroatoms. The van der Waals surface area contributed by atoms with E-state index in [-0.39, 0.29) is 0 Å². The second-order valence-electron chi connectivity index (χ2n) is 4.13. The summed E-state index contributed by atoms with van der Waals surface area (Å²) in [6.45, 7) is 2.01. The monoisotopic (exact) mass is 268 g/mol. The fourth-order valence-electron chi connectivity index (χ4n) is 1.63. The molecule has 4 nitrogen and oxygen atoms in total. The van der Waals surface area contributed by atoms with Crippen molar-refractivity contribution in [3.8, 4) is 11.3 Å². The maximum atomic E-state index is 4.53. The van der Waals surface area contributed by atoms with E-state index in [4.69, 9.17) is 0 Å². The van der Waals surface area contributed by atoms with Gasteiger partial charge in [-0.25, -0.2) is 9.97 Å². The second-order valence-corrected chi connectivity index (χ2v) is 4.98. The highest BCUT2D eigenvalue weighted by atomic mass is 32.1. The van der Waals surface area contributed by atoms with E-state index in [2.05, 4.69) is 20.3 Å². The lowest BCUT2D eigenvalue weighted by Gasteiger charge is -2.01. The molecule has 0 aliphatic heterocycles. The Hall–Kier alpha value is -2.27. The smallest absolute Gasteiger partial charge is 0.188 e. The first-order valence-corrected chi connectivity index (χ1v) is 6.75. The molecule has 0 unspecified atom stereocenters. The Kier molecular flexibility index (Phi) is 3.20. The lowest BCUT2D eigenvalue weighted by Crippen LogP contribution is -1.92.